The van der Waals surface area contributed by atoms with Gasteiger partial charge in [0, 0.05) is 18.2 Å². The highest BCUT2D eigenvalue weighted by atomic mass is 19.4. The van der Waals surface area contributed by atoms with Crippen molar-refractivity contribution in [1.82, 2.24) is 29.5 Å². The fourth-order valence-electron chi connectivity index (χ4n) is 3.97. The number of alkyl halides is 5. The lowest BCUT2D eigenvalue weighted by Gasteiger charge is -2.22. The molecule has 186 valence electrons. The number of carbonyl (C=O) groups is 1. The molecular weight excluding hydrogens is 492 g/mol. The summed E-state index contributed by atoms with van der Waals surface area (Å²) in [4.78, 5) is 29.5. The number of aromatic nitrogens is 6. The largest absolute Gasteiger partial charge is 0.453 e. The average Bonchev–Trinajstić information content (AvgIpc) is 3.39. The van der Waals surface area contributed by atoms with Gasteiger partial charge in [0.05, 0.1) is 11.9 Å². The molecule has 8 nitrogen and oxygen atoms in total. The average molecular weight is 507 g/mol. The summed E-state index contributed by atoms with van der Waals surface area (Å²) < 4.78 is 79.4. The Labute approximate surface area is 198 Å². The quantitative estimate of drug-likeness (QED) is 0.409. The highest BCUT2D eigenvalue weighted by Crippen LogP contribution is 2.42. The molecule has 1 amide bonds. The Balaban J connectivity index is 1.52. The first kappa shape index (κ1) is 23.6. The molecule has 0 fully saturated rings. The molecule has 0 radical (unpaired) electrons. The summed E-state index contributed by atoms with van der Waals surface area (Å²) >= 11 is 0. The molecule has 14 heteroatoms. The summed E-state index contributed by atoms with van der Waals surface area (Å²) in [5, 5.41) is 6.56. The second-order valence-corrected chi connectivity index (χ2v) is 8.35. The third-order valence-corrected chi connectivity index (χ3v) is 6.09. The molecule has 0 aliphatic carbocycles. The summed E-state index contributed by atoms with van der Waals surface area (Å²) in [6, 6.07) is 5.40. The van der Waals surface area contributed by atoms with E-state index in [1.807, 2.05) is 0 Å². The monoisotopic (exact) mass is 507 g/mol. The molecule has 1 aliphatic heterocycles. The van der Waals surface area contributed by atoms with Crippen LogP contribution in [0.3, 0.4) is 0 Å². The predicted molar refractivity (Wildman–Crippen MR) is 113 cm³/mol. The third-order valence-electron chi connectivity index (χ3n) is 6.09. The maximum absolute atomic E-state index is 13.5. The molecule has 0 bridgehead atoms. The molecule has 5 rings (SSSR count). The number of halogens is 6. The first-order valence-corrected chi connectivity index (χ1v) is 10.5. The fraction of sp³-hybridized carbons (Fsp3) is 0.273. The van der Waals surface area contributed by atoms with E-state index in [9.17, 15) is 31.1 Å². The van der Waals surface area contributed by atoms with Gasteiger partial charge in [-0.05, 0) is 31.0 Å². The van der Waals surface area contributed by atoms with E-state index in [4.69, 9.17) is 0 Å². The predicted octanol–water partition coefficient (Wildman–Crippen LogP) is 4.11. The lowest BCUT2D eigenvalue weighted by atomic mass is 9.78. The van der Waals surface area contributed by atoms with Crippen LogP contribution in [-0.4, -0.2) is 47.6 Å². The van der Waals surface area contributed by atoms with Gasteiger partial charge in [-0.3, -0.25) is 4.79 Å². The minimum absolute atomic E-state index is 0.00933. The van der Waals surface area contributed by atoms with Gasteiger partial charge in [0.15, 0.2) is 11.5 Å². The lowest BCUT2D eigenvalue weighted by molar-refractivity contribution is -0.284. The lowest BCUT2D eigenvalue weighted by Crippen LogP contribution is -2.36. The summed E-state index contributed by atoms with van der Waals surface area (Å²) in [7, 11) is 0. The molecular formula is C22H15F6N7O. The standard InChI is InChI=1S/C22H15F6N7O/c1-20(11-2-4-12(23)5-3-11)13-8-29-17(33-16(13)34-19(20)36)15-9-35-18(30-10-31-35)14(32-15)6-7-21(24,25)22(26,27)28/h2-5,8-10H,6-7H2,1H3,(H,29,33,34,36)/t20-/m0/s1. The maximum atomic E-state index is 13.5. The number of hydrogen-bond donors (Lipinski definition) is 1. The van der Waals surface area contributed by atoms with Gasteiger partial charge in [-0.2, -0.15) is 27.1 Å². The van der Waals surface area contributed by atoms with Crippen LogP contribution in [0.15, 0.2) is 43.0 Å². The number of aryl methyl sites for hydroxylation is 1. The molecule has 4 aromatic rings. The van der Waals surface area contributed by atoms with E-state index in [1.54, 1.807) is 6.92 Å². The van der Waals surface area contributed by atoms with Gasteiger partial charge in [-0.15, -0.1) is 0 Å². The first-order chi connectivity index (χ1) is 16.9. The number of nitrogens with zero attached hydrogens (tertiary/aromatic N) is 6. The molecule has 1 aromatic carbocycles. The van der Waals surface area contributed by atoms with Crippen molar-refractivity contribution in [2.45, 2.75) is 37.3 Å². The van der Waals surface area contributed by atoms with E-state index in [-0.39, 0.29) is 28.7 Å². The first-order valence-electron chi connectivity index (χ1n) is 10.5. The number of benzene rings is 1. The number of fused-ring (bicyclic) bond motifs is 2. The van der Waals surface area contributed by atoms with Crippen molar-refractivity contribution in [2.75, 3.05) is 5.32 Å². The van der Waals surface area contributed by atoms with Gasteiger partial charge in [0.25, 0.3) is 0 Å². The molecule has 4 heterocycles. The number of hydrogen-bond acceptors (Lipinski definition) is 6. The van der Waals surface area contributed by atoms with Crippen LogP contribution in [0.1, 0.15) is 30.2 Å². The third kappa shape index (κ3) is 3.72. The van der Waals surface area contributed by atoms with Gasteiger partial charge in [0.2, 0.25) is 5.91 Å². The highest BCUT2D eigenvalue weighted by Gasteiger charge is 2.56. The molecule has 3 aromatic heterocycles. The zero-order valence-electron chi connectivity index (χ0n) is 18.3. The molecule has 1 aliphatic rings. The maximum Gasteiger partial charge on any atom is 0.453 e. The van der Waals surface area contributed by atoms with Crippen LogP contribution in [0, 0.1) is 5.82 Å². The second kappa shape index (κ2) is 7.96. The van der Waals surface area contributed by atoms with E-state index in [0.717, 1.165) is 6.33 Å². The minimum atomic E-state index is -5.70. The summed E-state index contributed by atoms with van der Waals surface area (Å²) in [6.07, 6.45) is -4.16. The molecule has 0 saturated carbocycles. The topological polar surface area (TPSA) is 98.0 Å². The fourth-order valence-corrected chi connectivity index (χ4v) is 3.97. The molecule has 1 atom stereocenters. The van der Waals surface area contributed by atoms with Gasteiger partial charge in [0.1, 0.15) is 29.1 Å². The number of amides is 1. The molecule has 0 unspecified atom stereocenters. The summed E-state index contributed by atoms with van der Waals surface area (Å²) in [6.45, 7) is 1.63. The summed E-state index contributed by atoms with van der Waals surface area (Å²) in [5.74, 6) is -5.68. The molecule has 36 heavy (non-hydrogen) atoms. The van der Waals surface area contributed by atoms with Gasteiger partial charge in [-0.1, -0.05) is 12.1 Å². The van der Waals surface area contributed by atoms with Crippen molar-refractivity contribution in [3.63, 3.8) is 0 Å². The van der Waals surface area contributed by atoms with E-state index < -0.39 is 42.1 Å². The number of nitrogens with one attached hydrogen (secondary N) is 1. The van der Waals surface area contributed by atoms with E-state index in [1.165, 1.54) is 41.2 Å². The van der Waals surface area contributed by atoms with Crippen LogP contribution in [0.5, 0.6) is 0 Å². The van der Waals surface area contributed by atoms with Gasteiger partial charge in [-0.25, -0.2) is 28.8 Å². The highest BCUT2D eigenvalue weighted by molar-refractivity contribution is 6.07. The van der Waals surface area contributed by atoms with Gasteiger partial charge < -0.3 is 5.32 Å². The molecule has 0 spiro atoms. The second-order valence-electron chi connectivity index (χ2n) is 8.35. The van der Waals surface area contributed by atoms with Crippen LogP contribution >= 0.6 is 0 Å². The van der Waals surface area contributed by atoms with Crippen LogP contribution in [0.25, 0.3) is 17.2 Å². The Bertz CT molecular complexity index is 1480. The van der Waals surface area contributed by atoms with Crippen molar-refractivity contribution in [1.29, 1.82) is 0 Å². The van der Waals surface area contributed by atoms with Crippen LogP contribution < -0.4 is 5.32 Å². The number of rotatable bonds is 5. The zero-order chi connectivity index (χ0) is 25.9. The van der Waals surface area contributed by atoms with E-state index in [0.29, 0.717) is 11.1 Å². The van der Waals surface area contributed by atoms with Crippen molar-refractivity contribution in [3.8, 4) is 11.5 Å². The van der Waals surface area contributed by atoms with Crippen molar-refractivity contribution in [2.24, 2.45) is 0 Å². The number of carbonyl (C=O) groups excluding carboxylic acids is 1. The molecule has 0 saturated heterocycles. The Morgan fingerprint density at radius 3 is 2.47 bits per heavy atom. The Morgan fingerprint density at radius 2 is 1.78 bits per heavy atom. The number of anilines is 1. The van der Waals surface area contributed by atoms with E-state index >= 15 is 0 Å². The van der Waals surface area contributed by atoms with Crippen molar-refractivity contribution < 1.29 is 31.1 Å². The normalized spacial score (nSPS) is 17.9. The van der Waals surface area contributed by atoms with Crippen molar-refractivity contribution in [3.05, 3.63) is 65.6 Å². The SMILES string of the molecule is C[C@@]1(c2ccc(F)cc2)C(=O)Nc2nc(-c3cn4ncnc4c(CCC(F)(F)C(F)(F)F)n3)ncc21. The van der Waals surface area contributed by atoms with Gasteiger partial charge >= 0.3 is 12.1 Å². The van der Waals surface area contributed by atoms with Crippen molar-refractivity contribution >= 4 is 17.4 Å². The minimum Gasteiger partial charge on any atom is -0.309 e. The Kier molecular flexibility index (Phi) is 5.23. The Hall–Kier alpha value is -4.10. The van der Waals surface area contributed by atoms with E-state index in [2.05, 4.69) is 30.4 Å². The Morgan fingerprint density at radius 1 is 1.06 bits per heavy atom. The van der Waals surface area contributed by atoms with Crippen LogP contribution in [0.2, 0.25) is 0 Å². The summed E-state index contributed by atoms with van der Waals surface area (Å²) in [5.41, 5.74) is -0.417. The smallest absolute Gasteiger partial charge is 0.309 e. The molecule has 1 N–H and O–H groups in total. The zero-order valence-corrected chi connectivity index (χ0v) is 18.3. The van der Waals surface area contributed by atoms with Crippen LogP contribution in [0.4, 0.5) is 32.2 Å². The van der Waals surface area contributed by atoms with Crippen LogP contribution in [-0.2, 0) is 16.6 Å².